The fraction of sp³-hybridized carbons (Fsp3) is 0.364. The van der Waals surface area contributed by atoms with Crippen LogP contribution in [0, 0.1) is 6.92 Å². The Kier molecular flexibility index (Phi) is 7.56. The van der Waals surface area contributed by atoms with Crippen LogP contribution in [-0.4, -0.2) is 63.6 Å². The van der Waals surface area contributed by atoms with Gasteiger partial charge in [0.1, 0.15) is 0 Å². The van der Waals surface area contributed by atoms with Crippen molar-refractivity contribution in [2.75, 3.05) is 43.4 Å². The van der Waals surface area contributed by atoms with Crippen LogP contribution in [0.1, 0.15) is 12.0 Å². The summed E-state index contributed by atoms with van der Waals surface area (Å²) in [6.07, 6.45) is -0.187. The van der Waals surface area contributed by atoms with E-state index in [2.05, 4.69) is 10.2 Å². The first-order chi connectivity index (χ1) is 14.7. The SMILES string of the molecule is Cc1ccc(S(=O)(=O)CCC(=O)NCC(=O)N2CCN(c3ccc(Cl)cc3)CC2)cc1. The number of amides is 2. The van der Waals surface area contributed by atoms with Gasteiger partial charge in [0.2, 0.25) is 11.8 Å². The fourth-order valence-corrected chi connectivity index (χ4v) is 4.70. The molecule has 1 aliphatic heterocycles. The molecule has 2 aromatic rings. The van der Waals surface area contributed by atoms with Crippen molar-refractivity contribution < 1.29 is 18.0 Å². The van der Waals surface area contributed by atoms with Gasteiger partial charge in [0.15, 0.2) is 9.84 Å². The summed E-state index contributed by atoms with van der Waals surface area (Å²) in [5.41, 5.74) is 2.02. The lowest BCUT2D eigenvalue weighted by Gasteiger charge is -2.36. The molecule has 2 aromatic carbocycles. The molecule has 1 aliphatic rings. The maximum atomic E-state index is 12.4. The largest absolute Gasteiger partial charge is 0.368 e. The zero-order valence-electron chi connectivity index (χ0n) is 17.4. The summed E-state index contributed by atoms with van der Waals surface area (Å²) in [5, 5.41) is 3.22. The first kappa shape index (κ1) is 23.1. The number of carbonyl (C=O) groups is 2. The van der Waals surface area contributed by atoms with Gasteiger partial charge in [-0.15, -0.1) is 0 Å². The maximum absolute atomic E-state index is 12.4. The molecule has 0 atom stereocenters. The van der Waals surface area contributed by atoms with Crippen molar-refractivity contribution in [1.82, 2.24) is 10.2 Å². The first-order valence-corrected chi connectivity index (χ1v) is 12.1. The van der Waals surface area contributed by atoms with E-state index in [1.165, 1.54) is 12.1 Å². The molecule has 31 heavy (non-hydrogen) atoms. The van der Waals surface area contributed by atoms with Gasteiger partial charge in [-0.25, -0.2) is 8.42 Å². The molecule has 1 heterocycles. The zero-order chi connectivity index (χ0) is 22.4. The molecular weight excluding hydrogens is 438 g/mol. The Morgan fingerprint density at radius 2 is 1.58 bits per heavy atom. The molecule has 0 radical (unpaired) electrons. The minimum Gasteiger partial charge on any atom is -0.368 e. The lowest BCUT2D eigenvalue weighted by molar-refractivity contribution is -0.133. The molecule has 1 N–H and O–H groups in total. The summed E-state index contributed by atoms with van der Waals surface area (Å²) < 4.78 is 24.7. The Morgan fingerprint density at radius 1 is 0.968 bits per heavy atom. The normalized spacial score (nSPS) is 14.4. The van der Waals surface area contributed by atoms with Gasteiger partial charge in [-0.2, -0.15) is 0 Å². The number of anilines is 1. The quantitative estimate of drug-likeness (QED) is 0.680. The fourth-order valence-electron chi connectivity index (χ4n) is 3.33. The molecule has 7 nitrogen and oxygen atoms in total. The third-order valence-electron chi connectivity index (χ3n) is 5.24. The highest BCUT2D eigenvalue weighted by molar-refractivity contribution is 7.91. The molecule has 3 rings (SSSR count). The number of piperazine rings is 1. The number of hydrogen-bond acceptors (Lipinski definition) is 5. The van der Waals surface area contributed by atoms with Crippen molar-refractivity contribution in [3.63, 3.8) is 0 Å². The predicted octanol–water partition coefficient (Wildman–Crippen LogP) is 2.28. The van der Waals surface area contributed by atoms with E-state index in [1.807, 2.05) is 31.2 Å². The highest BCUT2D eigenvalue weighted by Crippen LogP contribution is 2.19. The van der Waals surface area contributed by atoms with Gasteiger partial charge in [-0.3, -0.25) is 9.59 Å². The topological polar surface area (TPSA) is 86.8 Å². The summed E-state index contributed by atoms with van der Waals surface area (Å²) in [6, 6.07) is 14.1. The zero-order valence-corrected chi connectivity index (χ0v) is 19.0. The van der Waals surface area contributed by atoms with Crippen molar-refractivity contribution >= 4 is 38.9 Å². The molecule has 0 saturated carbocycles. The highest BCUT2D eigenvalue weighted by Gasteiger charge is 2.22. The highest BCUT2D eigenvalue weighted by atomic mass is 35.5. The molecule has 0 aliphatic carbocycles. The summed E-state index contributed by atoms with van der Waals surface area (Å²) in [4.78, 5) is 28.5. The number of carbonyl (C=O) groups excluding carboxylic acids is 2. The molecule has 0 aromatic heterocycles. The van der Waals surface area contributed by atoms with Crippen LogP contribution in [0.3, 0.4) is 0 Å². The lowest BCUT2D eigenvalue weighted by Crippen LogP contribution is -2.51. The van der Waals surface area contributed by atoms with Gasteiger partial charge >= 0.3 is 0 Å². The van der Waals surface area contributed by atoms with E-state index < -0.39 is 15.7 Å². The molecule has 9 heteroatoms. The Labute approximate surface area is 187 Å². The Morgan fingerprint density at radius 3 is 2.19 bits per heavy atom. The van der Waals surface area contributed by atoms with E-state index in [-0.39, 0.29) is 29.5 Å². The van der Waals surface area contributed by atoms with Crippen molar-refractivity contribution in [2.24, 2.45) is 0 Å². The first-order valence-electron chi connectivity index (χ1n) is 10.1. The van der Waals surface area contributed by atoms with Gasteiger partial charge in [0.25, 0.3) is 0 Å². The molecule has 2 amide bonds. The van der Waals surface area contributed by atoms with Crippen molar-refractivity contribution in [2.45, 2.75) is 18.2 Å². The minimum absolute atomic E-state index is 0.135. The number of rotatable bonds is 7. The molecule has 166 valence electrons. The monoisotopic (exact) mass is 463 g/mol. The molecule has 0 unspecified atom stereocenters. The average molecular weight is 464 g/mol. The summed E-state index contributed by atoms with van der Waals surface area (Å²) in [7, 11) is -3.54. The Hall–Kier alpha value is -2.58. The van der Waals surface area contributed by atoms with Crippen LogP contribution in [0.2, 0.25) is 5.02 Å². The van der Waals surface area contributed by atoms with Gasteiger partial charge in [-0.05, 0) is 43.3 Å². The van der Waals surface area contributed by atoms with Crippen LogP contribution < -0.4 is 10.2 Å². The van der Waals surface area contributed by atoms with Crippen LogP contribution in [0.4, 0.5) is 5.69 Å². The predicted molar refractivity (Wildman–Crippen MR) is 121 cm³/mol. The Bertz CT molecular complexity index is 1020. The van der Waals surface area contributed by atoms with E-state index >= 15 is 0 Å². The van der Waals surface area contributed by atoms with E-state index in [0.717, 1.165) is 11.3 Å². The van der Waals surface area contributed by atoms with E-state index in [9.17, 15) is 18.0 Å². The third kappa shape index (κ3) is 6.45. The number of aryl methyl sites for hydroxylation is 1. The van der Waals surface area contributed by atoms with Crippen LogP contribution in [-0.2, 0) is 19.4 Å². The van der Waals surface area contributed by atoms with Crippen LogP contribution in [0.25, 0.3) is 0 Å². The van der Waals surface area contributed by atoms with Gasteiger partial charge in [0, 0.05) is 43.3 Å². The van der Waals surface area contributed by atoms with E-state index in [1.54, 1.807) is 17.0 Å². The van der Waals surface area contributed by atoms with Crippen molar-refractivity contribution in [1.29, 1.82) is 0 Å². The second-order valence-corrected chi connectivity index (χ2v) is 10.0. The van der Waals surface area contributed by atoms with E-state index in [0.29, 0.717) is 31.2 Å². The van der Waals surface area contributed by atoms with Crippen LogP contribution >= 0.6 is 11.6 Å². The van der Waals surface area contributed by atoms with Crippen molar-refractivity contribution in [3.8, 4) is 0 Å². The van der Waals surface area contributed by atoms with Gasteiger partial charge in [0.05, 0.1) is 17.2 Å². The number of sulfone groups is 1. The standard InChI is InChI=1S/C22H26ClN3O4S/c1-17-2-8-20(9-3-17)31(29,30)15-10-21(27)24-16-22(28)26-13-11-25(12-14-26)19-6-4-18(23)5-7-19/h2-9H,10-16H2,1H3,(H,24,27). The van der Waals surface area contributed by atoms with Gasteiger partial charge in [-0.1, -0.05) is 29.3 Å². The van der Waals surface area contributed by atoms with Gasteiger partial charge < -0.3 is 15.1 Å². The van der Waals surface area contributed by atoms with Crippen LogP contribution in [0.15, 0.2) is 53.4 Å². The van der Waals surface area contributed by atoms with Crippen molar-refractivity contribution in [3.05, 3.63) is 59.1 Å². The maximum Gasteiger partial charge on any atom is 0.242 e. The average Bonchev–Trinajstić information content (AvgIpc) is 2.77. The summed E-state index contributed by atoms with van der Waals surface area (Å²) >= 11 is 5.92. The Balaban J connectivity index is 1.41. The van der Waals surface area contributed by atoms with Crippen LogP contribution in [0.5, 0.6) is 0 Å². The minimum atomic E-state index is -3.54. The summed E-state index contributed by atoms with van der Waals surface area (Å²) in [6.45, 7) is 4.23. The molecule has 0 bridgehead atoms. The molecule has 1 fully saturated rings. The lowest BCUT2D eigenvalue weighted by atomic mass is 10.2. The second-order valence-electron chi connectivity index (χ2n) is 7.50. The second kappa shape index (κ2) is 10.2. The molecule has 1 saturated heterocycles. The molecule has 0 spiro atoms. The summed E-state index contributed by atoms with van der Waals surface area (Å²) in [5.74, 6) is -0.926. The van der Waals surface area contributed by atoms with E-state index in [4.69, 9.17) is 11.6 Å². The smallest absolute Gasteiger partial charge is 0.242 e. The number of halogens is 1. The third-order valence-corrected chi connectivity index (χ3v) is 7.22. The number of hydrogen-bond donors (Lipinski definition) is 1. The molecular formula is C22H26ClN3O4S. The number of nitrogens with zero attached hydrogens (tertiary/aromatic N) is 2. The number of benzene rings is 2. The number of nitrogens with one attached hydrogen (secondary N) is 1.